The van der Waals surface area contributed by atoms with E-state index in [4.69, 9.17) is 0 Å². The normalized spacial score (nSPS) is 16.1. The van der Waals surface area contributed by atoms with Crippen molar-refractivity contribution in [3.63, 3.8) is 0 Å². The first-order chi connectivity index (χ1) is 9.24. The summed E-state index contributed by atoms with van der Waals surface area (Å²) in [6.45, 7) is 2.14. The molecule has 1 atom stereocenters. The number of hydrogen-bond donors (Lipinski definition) is 0. The van der Waals surface area contributed by atoms with Gasteiger partial charge in [0.15, 0.2) is 0 Å². The third-order valence-electron chi connectivity index (χ3n) is 3.81. The highest BCUT2D eigenvalue weighted by atomic mass is 79.9. The number of thiophene rings is 1. The lowest BCUT2D eigenvalue weighted by Gasteiger charge is -2.09. The topological polar surface area (TPSA) is 12.9 Å². The SMILES string of the molecule is Cc1cccnc1CC(Br)c1cc2c(s1)CCCC2. The number of hydrogen-bond acceptors (Lipinski definition) is 2. The van der Waals surface area contributed by atoms with E-state index < -0.39 is 0 Å². The zero-order valence-electron chi connectivity index (χ0n) is 11.2. The zero-order valence-corrected chi connectivity index (χ0v) is 13.6. The van der Waals surface area contributed by atoms with Crippen molar-refractivity contribution in [3.05, 3.63) is 51.0 Å². The van der Waals surface area contributed by atoms with Crippen molar-refractivity contribution < 1.29 is 0 Å². The number of rotatable bonds is 3. The second-order valence-corrected chi connectivity index (χ2v) is 7.52. The Morgan fingerprint density at radius 2 is 2.21 bits per heavy atom. The molecule has 0 saturated carbocycles. The first-order valence-electron chi connectivity index (χ1n) is 6.90. The molecule has 0 N–H and O–H groups in total. The fraction of sp³-hybridized carbons (Fsp3) is 0.438. The Labute approximate surface area is 127 Å². The van der Waals surface area contributed by atoms with E-state index in [9.17, 15) is 0 Å². The Bertz CT molecular complexity index is 552. The molecule has 3 rings (SSSR count). The Morgan fingerprint density at radius 1 is 1.37 bits per heavy atom. The van der Waals surface area contributed by atoms with Crippen LogP contribution in [0.1, 0.15) is 44.2 Å². The molecule has 0 aromatic carbocycles. The molecule has 1 nitrogen and oxygen atoms in total. The maximum Gasteiger partial charge on any atom is 0.0544 e. The van der Waals surface area contributed by atoms with Crippen LogP contribution in [0.2, 0.25) is 0 Å². The van der Waals surface area contributed by atoms with Crippen molar-refractivity contribution >= 4 is 27.3 Å². The van der Waals surface area contributed by atoms with Crippen molar-refractivity contribution in [3.8, 4) is 0 Å². The van der Waals surface area contributed by atoms with Gasteiger partial charge in [0.2, 0.25) is 0 Å². The smallest absolute Gasteiger partial charge is 0.0544 e. The van der Waals surface area contributed by atoms with Gasteiger partial charge in [-0.3, -0.25) is 4.98 Å². The molecule has 0 radical (unpaired) electrons. The van der Waals surface area contributed by atoms with E-state index in [2.05, 4.69) is 40.0 Å². The Balaban J connectivity index is 1.79. The van der Waals surface area contributed by atoms with Crippen molar-refractivity contribution in [2.24, 2.45) is 0 Å². The highest BCUT2D eigenvalue weighted by Gasteiger charge is 2.18. The van der Waals surface area contributed by atoms with E-state index in [1.165, 1.54) is 41.8 Å². The Morgan fingerprint density at radius 3 is 3.00 bits per heavy atom. The van der Waals surface area contributed by atoms with Gasteiger partial charge < -0.3 is 0 Å². The summed E-state index contributed by atoms with van der Waals surface area (Å²) in [5.41, 5.74) is 4.08. The van der Waals surface area contributed by atoms with Gasteiger partial charge in [-0.2, -0.15) is 0 Å². The summed E-state index contributed by atoms with van der Waals surface area (Å²) in [4.78, 5) is 7.98. The Hall–Kier alpha value is -0.670. The third-order valence-corrected chi connectivity index (χ3v) is 6.29. The van der Waals surface area contributed by atoms with E-state index in [1.54, 1.807) is 10.4 Å². The average Bonchev–Trinajstić information content (AvgIpc) is 2.85. The van der Waals surface area contributed by atoms with Crippen LogP contribution in [0.4, 0.5) is 0 Å². The predicted octanol–water partition coefficient (Wildman–Crippen LogP) is 5.01. The number of aryl methyl sites for hydroxylation is 3. The van der Waals surface area contributed by atoms with Gasteiger partial charge in [0.25, 0.3) is 0 Å². The fourth-order valence-corrected chi connectivity index (χ4v) is 4.63. The molecular formula is C16H18BrNS. The number of fused-ring (bicyclic) bond motifs is 1. The minimum atomic E-state index is 0.400. The highest BCUT2D eigenvalue weighted by Crippen LogP contribution is 2.37. The average molecular weight is 336 g/mol. The summed E-state index contributed by atoms with van der Waals surface area (Å²) in [5, 5.41) is 0. The molecule has 3 heteroatoms. The molecule has 2 aromatic heterocycles. The van der Waals surface area contributed by atoms with Crippen LogP contribution in [0.5, 0.6) is 0 Å². The molecule has 1 aliphatic rings. The van der Waals surface area contributed by atoms with Gasteiger partial charge in [0.05, 0.1) is 4.83 Å². The van der Waals surface area contributed by atoms with E-state index in [0.717, 1.165) is 6.42 Å². The first-order valence-corrected chi connectivity index (χ1v) is 8.63. The molecule has 0 bridgehead atoms. The minimum absolute atomic E-state index is 0.400. The van der Waals surface area contributed by atoms with Crippen LogP contribution < -0.4 is 0 Å². The number of aromatic nitrogens is 1. The van der Waals surface area contributed by atoms with Crippen LogP contribution in [0, 0.1) is 6.92 Å². The summed E-state index contributed by atoms with van der Waals surface area (Å²) < 4.78 is 0. The largest absolute Gasteiger partial charge is 0.261 e. The maximum atomic E-state index is 4.50. The molecule has 0 spiro atoms. The molecule has 0 saturated heterocycles. The molecule has 0 amide bonds. The van der Waals surface area contributed by atoms with E-state index >= 15 is 0 Å². The molecular weight excluding hydrogens is 318 g/mol. The number of pyridine rings is 1. The van der Waals surface area contributed by atoms with Crippen molar-refractivity contribution in [1.29, 1.82) is 0 Å². The number of halogens is 1. The van der Waals surface area contributed by atoms with Crippen LogP contribution in [0.25, 0.3) is 0 Å². The van der Waals surface area contributed by atoms with Crippen LogP contribution in [0.15, 0.2) is 24.4 Å². The number of alkyl halides is 1. The molecule has 0 fully saturated rings. The molecule has 1 unspecified atom stereocenters. The first kappa shape index (κ1) is 13.3. The lowest BCUT2D eigenvalue weighted by Crippen LogP contribution is -1.98. The molecule has 100 valence electrons. The van der Waals surface area contributed by atoms with Gasteiger partial charge >= 0.3 is 0 Å². The summed E-state index contributed by atoms with van der Waals surface area (Å²) in [5.74, 6) is 0. The predicted molar refractivity (Wildman–Crippen MR) is 85.3 cm³/mol. The lowest BCUT2D eigenvalue weighted by atomic mass is 9.99. The monoisotopic (exact) mass is 335 g/mol. The zero-order chi connectivity index (χ0) is 13.2. The summed E-state index contributed by atoms with van der Waals surface area (Å²) in [6, 6.07) is 6.56. The van der Waals surface area contributed by atoms with Crippen molar-refractivity contribution in [1.82, 2.24) is 4.98 Å². The van der Waals surface area contributed by atoms with Crippen LogP contribution in [0.3, 0.4) is 0 Å². The standard InChI is InChI=1S/C16H18BrNS/c1-11-5-4-8-18-14(11)10-13(17)16-9-12-6-2-3-7-15(12)19-16/h4-5,8-9,13H,2-3,6-7,10H2,1H3. The van der Waals surface area contributed by atoms with Gasteiger partial charge in [-0.25, -0.2) is 0 Å². The lowest BCUT2D eigenvalue weighted by molar-refractivity contribution is 0.697. The van der Waals surface area contributed by atoms with Crippen LogP contribution in [-0.4, -0.2) is 4.98 Å². The summed E-state index contributed by atoms with van der Waals surface area (Å²) in [7, 11) is 0. The Kier molecular flexibility index (Phi) is 4.04. The van der Waals surface area contributed by atoms with Gasteiger partial charge in [0.1, 0.15) is 0 Å². The fourth-order valence-electron chi connectivity index (χ4n) is 2.67. The summed E-state index contributed by atoms with van der Waals surface area (Å²) >= 11 is 5.85. The molecule has 2 aromatic rings. The van der Waals surface area contributed by atoms with E-state index in [1.807, 2.05) is 23.6 Å². The minimum Gasteiger partial charge on any atom is -0.261 e. The quantitative estimate of drug-likeness (QED) is 0.718. The third kappa shape index (κ3) is 2.92. The summed E-state index contributed by atoms with van der Waals surface area (Å²) in [6.07, 6.45) is 8.14. The van der Waals surface area contributed by atoms with E-state index in [-0.39, 0.29) is 0 Å². The molecule has 2 heterocycles. The van der Waals surface area contributed by atoms with Gasteiger partial charge in [-0.15, -0.1) is 11.3 Å². The van der Waals surface area contributed by atoms with Crippen molar-refractivity contribution in [2.45, 2.75) is 43.9 Å². The van der Waals surface area contributed by atoms with Crippen LogP contribution >= 0.6 is 27.3 Å². The van der Waals surface area contributed by atoms with Crippen LogP contribution in [-0.2, 0) is 19.3 Å². The number of nitrogens with zero attached hydrogens (tertiary/aromatic N) is 1. The molecule has 0 aliphatic heterocycles. The van der Waals surface area contributed by atoms with Crippen molar-refractivity contribution in [2.75, 3.05) is 0 Å². The highest BCUT2D eigenvalue weighted by molar-refractivity contribution is 9.09. The second-order valence-electron chi connectivity index (χ2n) is 5.24. The molecule has 1 aliphatic carbocycles. The van der Waals surface area contributed by atoms with Gasteiger partial charge in [-0.1, -0.05) is 22.0 Å². The maximum absolute atomic E-state index is 4.50. The second kappa shape index (κ2) is 5.76. The van der Waals surface area contributed by atoms with Gasteiger partial charge in [-0.05, 0) is 55.9 Å². The van der Waals surface area contributed by atoms with E-state index in [0.29, 0.717) is 4.83 Å². The van der Waals surface area contributed by atoms with Gasteiger partial charge in [0, 0.05) is 28.1 Å². The molecule has 19 heavy (non-hydrogen) atoms.